The van der Waals surface area contributed by atoms with Gasteiger partial charge in [-0.2, -0.15) is 0 Å². The van der Waals surface area contributed by atoms with Gasteiger partial charge in [0.2, 0.25) is 0 Å². The summed E-state index contributed by atoms with van der Waals surface area (Å²) in [6.45, 7) is 0. The van der Waals surface area contributed by atoms with Crippen LogP contribution in [-0.2, 0) is 0 Å². The van der Waals surface area contributed by atoms with Crippen molar-refractivity contribution < 1.29 is 4.79 Å². The maximum absolute atomic E-state index is 12.2. The van der Waals surface area contributed by atoms with Crippen molar-refractivity contribution >= 4 is 11.7 Å². The van der Waals surface area contributed by atoms with E-state index in [2.05, 4.69) is 45.6 Å². The fraction of sp³-hybridized carbons (Fsp3) is 0. The molecule has 0 radical (unpaired) electrons. The highest BCUT2D eigenvalue weighted by Gasteiger charge is 2.07. The lowest BCUT2D eigenvalue weighted by atomic mass is 10.00. The van der Waals surface area contributed by atoms with Crippen LogP contribution < -0.4 is 5.32 Å². The van der Waals surface area contributed by atoms with E-state index >= 15 is 0 Å². The first-order valence-electron chi connectivity index (χ1n) is 8.63. The third-order valence-corrected chi connectivity index (χ3v) is 4.23. The van der Waals surface area contributed by atoms with Crippen LogP contribution in [0, 0.1) is 0 Å². The molecule has 2 aromatic carbocycles. The second-order valence-electron chi connectivity index (χ2n) is 6.07. The van der Waals surface area contributed by atoms with Gasteiger partial charge in [0, 0.05) is 24.2 Å². The molecule has 130 valence electrons. The van der Waals surface area contributed by atoms with Crippen LogP contribution in [0.4, 0.5) is 5.82 Å². The van der Waals surface area contributed by atoms with Crippen molar-refractivity contribution in [1.29, 1.82) is 0 Å². The monoisotopic (exact) mass is 351 g/mol. The Bertz CT molecular complexity index is 1050. The molecule has 4 nitrogen and oxygen atoms in total. The summed E-state index contributed by atoms with van der Waals surface area (Å²) in [5.41, 5.74) is 4.90. The van der Waals surface area contributed by atoms with Gasteiger partial charge in [-0.1, -0.05) is 48.5 Å². The third-order valence-electron chi connectivity index (χ3n) is 4.23. The largest absolute Gasteiger partial charge is 0.307 e. The minimum Gasteiger partial charge on any atom is -0.307 e. The molecule has 2 aromatic heterocycles. The standard InChI is InChI=1S/C23H17N3O/c27-23(21-10-5-13-24-15-21)26-22-12-11-20(16-25-22)19-9-4-8-18(14-19)17-6-2-1-3-7-17/h1-16H,(H,25,26,27). The van der Waals surface area contributed by atoms with Crippen LogP contribution in [0.25, 0.3) is 22.3 Å². The van der Waals surface area contributed by atoms with Crippen LogP contribution in [0.5, 0.6) is 0 Å². The highest BCUT2D eigenvalue weighted by atomic mass is 16.1. The third kappa shape index (κ3) is 3.90. The molecule has 4 rings (SSSR count). The van der Waals surface area contributed by atoms with Gasteiger partial charge in [-0.05, 0) is 47.0 Å². The molecule has 0 unspecified atom stereocenters. The minimum absolute atomic E-state index is 0.227. The van der Waals surface area contributed by atoms with Crippen LogP contribution in [0.3, 0.4) is 0 Å². The van der Waals surface area contributed by atoms with Gasteiger partial charge in [0.1, 0.15) is 5.82 Å². The molecule has 0 saturated heterocycles. The topological polar surface area (TPSA) is 54.9 Å². The van der Waals surface area contributed by atoms with E-state index in [1.54, 1.807) is 30.6 Å². The number of rotatable bonds is 4. The normalized spacial score (nSPS) is 10.4. The maximum Gasteiger partial charge on any atom is 0.258 e. The molecule has 4 heteroatoms. The van der Waals surface area contributed by atoms with Crippen molar-refractivity contribution in [3.8, 4) is 22.3 Å². The lowest BCUT2D eigenvalue weighted by molar-refractivity contribution is 0.102. The van der Waals surface area contributed by atoms with Crippen molar-refractivity contribution in [3.05, 3.63) is 103 Å². The van der Waals surface area contributed by atoms with Crippen molar-refractivity contribution in [1.82, 2.24) is 9.97 Å². The summed E-state index contributed by atoms with van der Waals surface area (Å²) in [5.74, 6) is 0.279. The number of carbonyl (C=O) groups excluding carboxylic acids is 1. The van der Waals surface area contributed by atoms with E-state index in [-0.39, 0.29) is 5.91 Å². The van der Waals surface area contributed by atoms with Crippen LogP contribution >= 0.6 is 0 Å². The van der Waals surface area contributed by atoms with Crippen LogP contribution in [0.2, 0.25) is 0 Å². The molecule has 0 aliphatic heterocycles. The van der Waals surface area contributed by atoms with E-state index in [0.29, 0.717) is 11.4 Å². The fourth-order valence-electron chi connectivity index (χ4n) is 2.83. The Morgan fingerprint density at radius 3 is 2.19 bits per heavy atom. The number of carbonyl (C=O) groups is 1. The molecular weight excluding hydrogens is 334 g/mol. The molecule has 1 N–H and O–H groups in total. The molecule has 0 aliphatic rings. The molecule has 0 aliphatic carbocycles. The number of aromatic nitrogens is 2. The fourth-order valence-corrected chi connectivity index (χ4v) is 2.83. The number of pyridine rings is 2. The first kappa shape index (κ1) is 16.7. The van der Waals surface area contributed by atoms with Crippen LogP contribution in [0.1, 0.15) is 10.4 Å². The van der Waals surface area contributed by atoms with E-state index in [1.807, 2.05) is 30.3 Å². The Hall–Kier alpha value is -3.79. The van der Waals surface area contributed by atoms with E-state index in [1.165, 1.54) is 11.8 Å². The van der Waals surface area contributed by atoms with Gasteiger partial charge in [0.05, 0.1) is 5.56 Å². The quantitative estimate of drug-likeness (QED) is 0.559. The first-order valence-corrected chi connectivity index (χ1v) is 8.63. The Morgan fingerprint density at radius 1 is 0.704 bits per heavy atom. The lowest BCUT2D eigenvalue weighted by Gasteiger charge is -2.08. The summed E-state index contributed by atoms with van der Waals surface area (Å²) in [7, 11) is 0. The number of nitrogens with zero attached hydrogens (tertiary/aromatic N) is 2. The van der Waals surface area contributed by atoms with Gasteiger partial charge < -0.3 is 5.32 Å². The van der Waals surface area contributed by atoms with E-state index < -0.39 is 0 Å². The van der Waals surface area contributed by atoms with Crippen molar-refractivity contribution in [2.24, 2.45) is 0 Å². The Balaban J connectivity index is 1.53. The molecular formula is C23H17N3O. The second-order valence-corrected chi connectivity index (χ2v) is 6.07. The second kappa shape index (κ2) is 7.62. The van der Waals surface area contributed by atoms with Crippen molar-refractivity contribution in [3.63, 3.8) is 0 Å². The molecule has 0 spiro atoms. The number of amides is 1. The molecule has 0 bridgehead atoms. The highest BCUT2D eigenvalue weighted by Crippen LogP contribution is 2.26. The van der Waals surface area contributed by atoms with Gasteiger partial charge in [0.15, 0.2) is 0 Å². The van der Waals surface area contributed by atoms with Crippen LogP contribution in [-0.4, -0.2) is 15.9 Å². The number of hydrogen-bond donors (Lipinski definition) is 1. The summed E-state index contributed by atoms with van der Waals surface area (Å²) >= 11 is 0. The van der Waals surface area contributed by atoms with E-state index in [9.17, 15) is 4.79 Å². The number of benzene rings is 2. The number of nitrogens with one attached hydrogen (secondary N) is 1. The molecule has 0 saturated carbocycles. The summed E-state index contributed by atoms with van der Waals surface area (Å²) in [6, 6.07) is 25.8. The molecule has 0 fully saturated rings. The van der Waals surface area contributed by atoms with Crippen molar-refractivity contribution in [2.45, 2.75) is 0 Å². The molecule has 2 heterocycles. The lowest BCUT2D eigenvalue weighted by Crippen LogP contribution is -2.12. The van der Waals surface area contributed by atoms with Gasteiger partial charge in [-0.25, -0.2) is 4.98 Å². The number of anilines is 1. The zero-order valence-corrected chi connectivity index (χ0v) is 14.5. The molecule has 27 heavy (non-hydrogen) atoms. The zero-order valence-electron chi connectivity index (χ0n) is 14.5. The maximum atomic E-state index is 12.2. The Kier molecular flexibility index (Phi) is 4.70. The summed E-state index contributed by atoms with van der Waals surface area (Å²) in [6.07, 6.45) is 4.93. The van der Waals surface area contributed by atoms with Gasteiger partial charge in [0.25, 0.3) is 5.91 Å². The predicted molar refractivity (Wildman–Crippen MR) is 107 cm³/mol. The summed E-state index contributed by atoms with van der Waals surface area (Å²) < 4.78 is 0. The van der Waals surface area contributed by atoms with Crippen molar-refractivity contribution in [2.75, 3.05) is 5.32 Å². The average Bonchev–Trinajstić information content (AvgIpc) is 2.75. The smallest absolute Gasteiger partial charge is 0.258 e. The Labute approximate surface area is 157 Å². The first-order chi connectivity index (χ1) is 13.3. The molecule has 4 aromatic rings. The minimum atomic E-state index is -0.227. The summed E-state index contributed by atoms with van der Waals surface area (Å²) in [5, 5.41) is 2.78. The van der Waals surface area contributed by atoms with Gasteiger partial charge >= 0.3 is 0 Å². The SMILES string of the molecule is O=C(Nc1ccc(-c2cccc(-c3ccccc3)c2)cn1)c1cccnc1. The van der Waals surface area contributed by atoms with Crippen LogP contribution in [0.15, 0.2) is 97.5 Å². The highest BCUT2D eigenvalue weighted by molar-refractivity contribution is 6.03. The number of hydrogen-bond acceptors (Lipinski definition) is 3. The Morgan fingerprint density at radius 2 is 1.48 bits per heavy atom. The van der Waals surface area contributed by atoms with Gasteiger partial charge in [-0.3, -0.25) is 9.78 Å². The molecule has 1 amide bonds. The van der Waals surface area contributed by atoms with Gasteiger partial charge in [-0.15, -0.1) is 0 Å². The summed E-state index contributed by atoms with van der Waals surface area (Å²) in [4.78, 5) is 20.5. The molecule has 0 atom stereocenters. The predicted octanol–water partition coefficient (Wildman–Crippen LogP) is 5.06. The average molecular weight is 351 g/mol. The van der Waals surface area contributed by atoms with E-state index in [4.69, 9.17) is 0 Å². The zero-order chi connectivity index (χ0) is 18.5. The van der Waals surface area contributed by atoms with E-state index in [0.717, 1.165) is 16.7 Å².